The number of aromatic nitrogens is 8. The van der Waals surface area contributed by atoms with Gasteiger partial charge in [0.1, 0.15) is 11.3 Å². The fourth-order valence-corrected chi connectivity index (χ4v) is 8.12. The summed E-state index contributed by atoms with van der Waals surface area (Å²) in [6.07, 6.45) is 0. The van der Waals surface area contributed by atoms with E-state index in [4.69, 9.17) is 39.3 Å². The van der Waals surface area contributed by atoms with Crippen molar-refractivity contribution < 1.29 is 4.42 Å². The molecule has 0 aliphatic heterocycles. The Morgan fingerprint density at radius 3 is 1.31 bits per heavy atom. The molecular formula is C55H34N8O. The van der Waals surface area contributed by atoms with Crippen LogP contribution in [0.15, 0.2) is 211 Å². The predicted octanol–water partition coefficient (Wildman–Crippen LogP) is 13.0. The van der Waals surface area contributed by atoms with Gasteiger partial charge in [0.15, 0.2) is 23.1 Å². The number of imidazole rings is 1. The van der Waals surface area contributed by atoms with Crippen molar-refractivity contribution in [3.05, 3.63) is 206 Å². The van der Waals surface area contributed by atoms with Gasteiger partial charge in [0.05, 0.1) is 33.5 Å². The summed E-state index contributed by atoms with van der Waals surface area (Å²) in [5.74, 6) is 3.02. The summed E-state index contributed by atoms with van der Waals surface area (Å²) in [6.45, 7) is 0. The van der Waals surface area contributed by atoms with Crippen molar-refractivity contribution in [2.24, 2.45) is 0 Å². The van der Waals surface area contributed by atoms with Gasteiger partial charge in [-0.2, -0.15) is 0 Å². The fourth-order valence-electron chi connectivity index (χ4n) is 8.12. The maximum absolute atomic E-state index is 6.07. The molecule has 9 heteroatoms. The normalized spacial score (nSPS) is 11.4. The van der Waals surface area contributed by atoms with E-state index in [2.05, 4.69) is 71.3 Å². The molecule has 0 fully saturated rings. The molecule has 12 aromatic rings. The molecular weight excluding hydrogens is 789 g/mol. The molecule has 64 heavy (non-hydrogen) atoms. The molecule has 0 radical (unpaired) electrons. The van der Waals surface area contributed by atoms with Crippen LogP contribution in [0.5, 0.6) is 0 Å². The van der Waals surface area contributed by atoms with E-state index < -0.39 is 0 Å². The first-order chi connectivity index (χ1) is 31.7. The third kappa shape index (κ3) is 6.74. The molecule has 4 aromatic heterocycles. The number of oxazole rings is 1. The largest absolute Gasteiger partial charge is 0.436 e. The van der Waals surface area contributed by atoms with Gasteiger partial charge in [0, 0.05) is 44.6 Å². The lowest BCUT2D eigenvalue weighted by atomic mass is 10.0. The Kier molecular flexibility index (Phi) is 8.93. The lowest BCUT2D eigenvalue weighted by Gasteiger charge is -2.12. The van der Waals surface area contributed by atoms with E-state index in [-0.39, 0.29) is 0 Å². The van der Waals surface area contributed by atoms with E-state index in [1.807, 2.05) is 140 Å². The van der Waals surface area contributed by atoms with Gasteiger partial charge in [0.25, 0.3) is 0 Å². The van der Waals surface area contributed by atoms with Crippen LogP contribution in [0.25, 0.3) is 118 Å². The Labute approximate surface area is 367 Å². The van der Waals surface area contributed by atoms with Crippen LogP contribution in [0.2, 0.25) is 0 Å². The van der Waals surface area contributed by atoms with Gasteiger partial charge in [-0.1, -0.05) is 146 Å². The molecule has 0 saturated carbocycles. The van der Waals surface area contributed by atoms with Gasteiger partial charge in [-0.3, -0.25) is 4.57 Å². The maximum Gasteiger partial charge on any atom is 0.227 e. The number of rotatable bonds is 8. The monoisotopic (exact) mass is 822 g/mol. The average Bonchev–Trinajstić information content (AvgIpc) is 3.99. The smallest absolute Gasteiger partial charge is 0.227 e. The molecule has 0 atom stereocenters. The van der Waals surface area contributed by atoms with Crippen molar-refractivity contribution in [3.63, 3.8) is 0 Å². The van der Waals surface area contributed by atoms with Gasteiger partial charge in [-0.05, 0) is 60.7 Å². The van der Waals surface area contributed by atoms with E-state index in [1.54, 1.807) is 0 Å². The van der Waals surface area contributed by atoms with Crippen molar-refractivity contribution in [1.29, 1.82) is 0 Å². The van der Waals surface area contributed by atoms with E-state index in [0.29, 0.717) is 23.4 Å². The highest BCUT2D eigenvalue weighted by Crippen LogP contribution is 2.35. The highest BCUT2D eigenvalue weighted by molar-refractivity contribution is 5.87. The Bertz CT molecular complexity index is 3610. The summed E-state index contributed by atoms with van der Waals surface area (Å²) in [4.78, 5) is 35.2. The molecule has 0 amide bonds. The molecule has 12 rings (SSSR count). The summed E-state index contributed by atoms with van der Waals surface area (Å²) in [5.41, 5.74) is 14.1. The molecule has 0 unspecified atom stereocenters. The molecule has 300 valence electrons. The minimum absolute atomic E-state index is 0.537. The van der Waals surface area contributed by atoms with Crippen molar-refractivity contribution in [2.45, 2.75) is 0 Å². The number of para-hydroxylation sites is 7. The van der Waals surface area contributed by atoms with E-state index in [1.165, 1.54) is 0 Å². The number of fused-ring (bicyclic) bond motifs is 3. The zero-order valence-corrected chi connectivity index (χ0v) is 34.1. The summed E-state index contributed by atoms with van der Waals surface area (Å²) in [6, 6.07) is 68.9. The Morgan fingerprint density at radius 1 is 0.297 bits per heavy atom. The number of nitrogens with zero attached hydrogens (tertiary/aromatic N) is 8. The summed E-state index contributed by atoms with van der Waals surface area (Å²) >= 11 is 0. The molecule has 8 aromatic carbocycles. The van der Waals surface area contributed by atoms with Crippen molar-refractivity contribution >= 4 is 33.2 Å². The SMILES string of the molecule is c1ccc(-c2nc3ccccc3nc2-c2ccc(-c3nc(-c4ccc(-c5nc6ccccc6o5)cc4)nc(-c4ccc(-c5nc6ccccc6n5-c5ccccc5)cc4)n3)cc2)cc1. The van der Waals surface area contributed by atoms with Crippen LogP contribution < -0.4 is 0 Å². The zero-order valence-electron chi connectivity index (χ0n) is 34.1. The minimum Gasteiger partial charge on any atom is -0.436 e. The summed E-state index contributed by atoms with van der Waals surface area (Å²) in [5, 5.41) is 0. The van der Waals surface area contributed by atoms with E-state index >= 15 is 0 Å². The van der Waals surface area contributed by atoms with Crippen LogP contribution >= 0.6 is 0 Å². The molecule has 0 aliphatic rings. The first-order valence-corrected chi connectivity index (χ1v) is 21.0. The lowest BCUT2D eigenvalue weighted by Crippen LogP contribution is -2.01. The molecule has 9 nitrogen and oxygen atoms in total. The van der Waals surface area contributed by atoms with Gasteiger partial charge in [-0.15, -0.1) is 0 Å². The van der Waals surface area contributed by atoms with Gasteiger partial charge < -0.3 is 4.42 Å². The zero-order chi connectivity index (χ0) is 42.4. The minimum atomic E-state index is 0.537. The Balaban J connectivity index is 0.949. The molecule has 0 saturated heterocycles. The molecule has 4 heterocycles. The third-order valence-electron chi connectivity index (χ3n) is 11.3. The maximum atomic E-state index is 6.07. The van der Waals surface area contributed by atoms with Gasteiger partial charge >= 0.3 is 0 Å². The quantitative estimate of drug-likeness (QED) is 0.149. The van der Waals surface area contributed by atoms with Gasteiger partial charge in [0.2, 0.25) is 5.89 Å². The second kappa shape index (κ2) is 15.5. The average molecular weight is 823 g/mol. The second-order valence-corrected chi connectivity index (χ2v) is 15.4. The van der Waals surface area contributed by atoms with Crippen LogP contribution in [0.3, 0.4) is 0 Å². The van der Waals surface area contributed by atoms with E-state index in [9.17, 15) is 0 Å². The van der Waals surface area contributed by atoms with Crippen LogP contribution in [0, 0.1) is 0 Å². The third-order valence-corrected chi connectivity index (χ3v) is 11.3. The Morgan fingerprint density at radius 2 is 0.734 bits per heavy atom. The molecule has 0 spiro atoms. The number of hydrogen-bond donors (Lipinski definition) is 0. The van der Waals surface area contributed by atoms with Crippen molar-refractivity contribution in [1.82, 2.24) is 39.5 Å². The van der Waals surface area contributed by atoms with E-state index in [0.717, 1.165) is 95.0 Å². The van der Waals surface area contributed by atoms with Crippen LogP contribution in [-0.4, -0.2) is 39.5 Å². The Hall–Kier alpha value is -8.95. The van der Waals surface area contributed by atoms with Crippen molar-refractivity contribution in [3.8, 4) is 85.2 Å². The van der Waals surface area contributed by atoms with Crippen LogP contribution in [0.4, 0.5) is 0 Å². The highest BCUT2D eigenvalue weighted by atomic mass is 16.3. The summed E-state index contributed by atoms with van der Waals surface area (Å²) in [7, 11) is 0. The standard InChI is InChI=1S/C55H34N8O/c1-3-13-35(14-4-1)49-50(57-44-18-8-7-17-43(44)56-49)36-23-25-37(26-24-36)51-60-52(62-53(61-51)39-29-33-41(34-30-39)55-59-46-20-10-12-22-48(46)64-55)38-27-31-40(32-28-38)54-58-45-19-9-11-21-47(45)63(54)42-15-5-2-6-16-42/h1-34H. The van der Waals surface area contributed by atoms with Gasteiger partial charge in [-0.25, -0.2) is 34.9 Å². The number of hydrogen-bond acceptors (Lipinski definition) is 8. The van der Waals surface area contributed by atoms with Crippen LogP contribution in [-0.2, 0) is 0 Å². The molecule has 0 N–H and O–H groups in total. The van der Waals surface area contributed by atoms with Crippen molar-refractivity contribution in [2.75, 3.05) is 0 Å². The first kappa shape index (κ1) is 36.9. The predicted molar refractivity (Wildman–Crippen MR) is 253 cm³/mol. The first-order valence-electron chi connectivity index (χ1n) is 21.0. The summed E-state index contributed by atoms with van der Waals surface area (Å²) < 4.78 is 8.27. The fraction of sp³-hybridized carbons (Fsp3) is 0. The topological polar surface area (TPSA) is 108 Å². The number of benzene rings is 8. The lowest BCUT2D eigenvalue weighted by molar-refractivity contribution is 0.620. The molecule has 0 bridgehead atoms. The van der Waals surface area contributed by atoms with Crippen LogP contribution in [0.1, 0.15) is 0 Å². The molecule has 0 aliphatic carbocycles. The highest BCUT2D eigenvalue weighted by Gasteiger charge is 2.18. The second-order valence-electron chi connectivity index (χ2n) is 15.4.